The molecular weight excluding hydrogens is 252 g/mol. The molecule has 62 valence electrons. The molecule has 0 spiro atoms. The van der Waals surface area contributed by atoms with E-state index in [9.17, 15) is 0 Å². The van der Waals surface area contributed by atoms with Gasteiger partial charge in [0, 0.05) is 25.7 Å². The van der Waals surface area contributed by atoms with Crippen LogP contribution < -0.4 is 0 Å². The van der Waals surface area contributed by atoms with Crippen molar-refractivity contribution in [3.8, 4) is 0 Å². The van der Waals surface area contributed by atoms with Gasteiger partial charge in [-0.25, -0.2) is 0 Å². The van der Waals surface area contributed by atoms with Gasteiger partial charge in [0.15, 0.2) is 0 Å². The summed E-state index contributed by atoms with van der Waals surface area (Å²) < 4.78 is 1.40. The largest absolute Gasteiger partial charge is 0.150 e. The van der Waals surface area contributed by atoms with Gasteiger partial charge in [0.2, 0.25) is 0 Å². The summed E-state index contributed by atoms with van der Waals surface area (Å²) in [5.74, 6) is 0. The number of thiophene rings is 2. The van der Waals surface area contributed by atoms with Gasteiger partial charge in [0.05, 0.1) is 0 Å². The lowest BCUT2D eigenvalue weighted by molar-refractivity contribution is 1.85. The molecule has 0 nitrogen and oxygen atoms in total. The maximum absolute atomic E-state index is 3.36. The molecule has 0 fully saturated rings. The zero-order chi connectivity index (χ0) is 8.39. The van der Waals surface area contributed by atoms with Crippen molar-refractivity contribution in [3.05, 3.63) is 27.8 Å². The van der Waals surface area contributed by atoms with Crippen molar-refractivity contribution >= 4 is 54.8 Å². The van der Waals surface area contributed by atoms with Crippen molar-refractivity contribution in [2.24, 2.45) is 0 Å². The minimum Gasteiger partial charge on any atom is -0.150 e. The summed E-state index contributed by atoms with van der Waals surface area (Å²) in [7, 11) is 0. The van der Waals surface area contributed by atoms with E-state index in [0.717, 1.165) is 5.33 Å². The Bertz CT molecular complexity index is 369. The van der Waals surface area contributed by atoms with E-state index in [-0.39, 0.29) is 0 Å². The molecule has 0 aliphatic rings. The fraction of sp³-hybridized carbons (Fsp3) is 0.111. The van der Waals surface area contributed by atoms with Gasteiger partial charge in [-0.2, -0.15) is 11.3 Å². The van der Waals surface area contributed by atoms with Crippen molar-refractivity contribution in [1.29, 1.82) is 0 Å². The molecule has 0 saturated heterocycles. The Balaban J connectivity index is 2.38. The van der Waals surface area contributed by atoms with E-state index in [4.69, 9.17) is 0 Å². The lowest BCUT2D eigenvalue weighted by atomic mass is 10.3. The molecular formula is C9H7BrS2. The van der Waals surface area contributed by atoms with Crippen LogP contribution in [-0.4, -0.2) is 5.33 Å². The number of hydrogen-bond acceptors (Lipinski definition) is 2. The van der Waals surface area contributed by atoms with Gasteiger partial charge in [-0.15, -0.1) is 11.3 Å². The molecule has 2 aromatic rings. The minimum absolute atomic E-state index is 0.928. The lowest BCUT2D eigenvalue weighted by Gasteiger charge is -1.79. The van der Waals surface area contributed by atoms with Gasteiger partial charge in [0.25, 0.3) is 0 Å². The second kappa shape index (κ2) is 3.73. The Morgan fingerprint density at radius 1 is 1.42 bits per heavy atom. The zero-order valence-electron chi connectivity index (χ0n) is 6.29. The Kier molecular flexibility index (Phi) is 2.63. The fourth-order valence-electron chi connectivity index (χ4n) is 1.04. The SMILES string of the molecule is BrC/C=C/c1cc2cscc2s1. The van der Waals surface area contributed by atoms with Gasteiger partial charge in [-0.3, -0.25) is 0 Å². The first-order chi connectivity index (χ1) is 5.90. The van der Waals surface area contributed by atoms with E-state index in [1.54, 1.807) is 11.3 Å². The van der Waals surface area contributed by atoms with Crippen LogP contribution in [0.5, 0.6) is 0 Å². The van der Waals surface area contributed by atoms with Crippen molar-refractivity contribution in [1.82, 2.24) is 0 Å². The van der Waals surface area contributed by atoms with Crippen LogP contribution in [0.15, 0.2) is 22.9 Å². The second-order valence-corrected chi connectivity index (χ2v) is 4.90. The minimum atomic E-state index is 0.928. The van der Waals surface area contributed by atoms with E-state index < -0.39 is 0 Å². The number of fused-ring (bicyclic) bond motifs is 1. The third kappa shape index (κ3) is 1.63. The summed E-state index contributed by atoms with van der Waals surface area (Å²) in [5.41, 5.74) is 0. The van der Waals surface area contributed by atoms with E-state index in [1.807, 2.05) is 11.3 Å². The molecule has 12 heavy (non-hydrogen) atoms. The molecule has 0 saturated carbocycles. The molecule has 0 bridgehead atoms. The molecule has 0 atom stereocenters. The van der Waals surface area contributed by atoms with Gasteiger partial charge in [0.1, 0.15) is 0 Å². The highest BCUT2D eigenvalue weighted by atomic mass is 79.9. The van der Waals surface area contributed by atoms with Crippen LogP contribution in [0.3, 0.4) is 0 Å². The third-order valence-corrected chi connectivity index (χ3v) is 3.90. The van der Waals surface area contributed by atoms with Crippen LogP contribution in [0, 0.1) is 0 Å². The average molecular weight is 259 g/mol. The molecule has 0 unspecified atom stereocenters. The molecule has 2 aromatic heterocycles. The third-order valence-electron chi connectivity index (χ3n) is 1.55. The first-order valence-corrected chi connectivity index (χ1v) is 6.46. The van der Waals surface area contributed by atoms with Crippen LogP contribution in [0.4, 0.5) is 0 Å². The molecule has 0 radical (unpaired) electrons. The normalized spacial score (nSPS) is 11.8. The molecule has 0 N–H and O–H groups in total. The predicted molar refractivity (Wildman–Crippen MR) is 62.5 cm³/mol. The quantitative estimate of drug-likeness (QED) is 0.702. The first kappa shape index (κ1) is 8.48. The van der Waals surface area contributed by atoms with Crippen molar-refractivity contribution in [2.45, 2.75) is 0 Å². The molecule has 2 rings (SSSR count). The topological polar surface area (TPSA) is 0 Å². The smallest absolute Gasteiger partial charge is 0.0456 e. The van der Waals surface area contributed by atoms with E-state index in [1.165, 1.54) is 15.0 Å². The Labute approximate surface area is 87.7 Å². The highest BCUT2D eigenvalue weighted by Gasteiger charge is 1.98. The Morgan fingerprint density at radius 2 is 2.33 bits per heavy atom. The van der Waals surface area contributed by atoms with Gasteiger partial charge in [-0.1, -0.05) is 22.0 Å². The summed E-state index contributed by atoms with van der Waals surface area (Å²) >= 11 is 6.98. The lowest BCUT2D eigenvalue weighted by Crippen LogP contribution is -1.58. The Morgan fingerprint density at radius 3 is 3.08 bits per heavy atom. The van der Waals surface area contributed by atoms with Crippen LogP contribution in [0.25, 0.3) is 16.2 Å². The maximum Gasteiger partial charge on any atom is 0.0456 e. The Hall–Kier alpha value is -0.120. The van der Waals surface area contributed by atoms with Gasteiger partial charge >= 0.3 is 0 Å². The first-order valence-electron chi connectivity index (χ1n) is 3.58. The maximum atomic E-state index is 3.36. The fourth-order valence-corrected chi connectivity index (χ4v) is 3.17. The summed E-state index contributed by atoms with van der Waals surface area (Å²) in [4.78, 5) is 1.34. The standard InChI is InChI=1S/C9H7BrS2/c10-3-1-2-8-4-7-5-11-6-9(7)12-8/h1-2,4-6H,3H2/b2-1+. The zero-order valence-corrected chi connectivity index (χ0v) is 9.51. The van der Waals surface area contributed by atoms with E-state index >= 15 is 0 Å². The molecule has 0 amide bonds. The van der Waals surface area contributed by atoms with Crippen LogP contribution in [0.1, 0.15) is 4.88 Å². The van der Waals surface area contributed by atoms with Crippen molar-refractivity contribution in [2.75, 3.05) is 5.33 Å². The van der Waals surface area contributed by atoms with E-state index in [0.29, 0.717) is 0 Å². The highest BCUT2D eigenvalue weighted by Crippen LogP contribution is 2.29. The molecule has 3 heteroatoms. The highest BCUT2D eigenvalue weighted by molar-refractivity contribution is 9.09. The molecule has 2 heterocycles. The van der Waals surface area contributed by atoms with Gasteiger partial charge < -0.3 is 0 Å². The van der Waals surface area contributed by atoms with Crippen molar-refractivity contribution < 1.29 is 0 Å². The second-order valence-electron chi connectivity index (χ2n) is 2.40. The molecule has 0 aromatic carbocycles. The predicted octanol–water partition coefficient (Wildman–Crippen LogP) is 4.37. The van der Waals surface area contributed by atoms with Gasteiger partial charge in [-0.05, 0) is 17.5 Å². The average Bonchev–Trinajstić information content (AvgIpc) is 2.58. The number of alkyl halides is 1. The monoisotopic (exact) mass is 258 g/mol. The van der Waals surface area contributed by atoms with Crippen molar-refractivity contribution in [3.63, 3.8) is 0 Å². The summed E-state index contributed by atoms with van der Waals surface area (Å²) in [6.45, 7) is 0. The number of halogens is 1. The van der Waals surface area contributed by atoms with Crippen LogP contribution in [0.2, 0.25) is 0 Å². The van der Waals surface area contributed by atoms with Crippen LogP contribution >= 0.6 is 38.6 Å². The summed E-state index contributed by atoms with van der Waals surface area (Å²) in [6.07, 6.45) is 4.28. The van der Waals surface area contributed by atoms with Crippen LogP contribution in [-0.2, 0) is 0 Å². The van der Waals surface area contributed by atoms with E-state index in [2.05, 4.69) is 44.9 Å². The number of allylic oxidation sites excluding steroid dienone is 1. The summed E-state index contributed by atoms with van der Waals surface area (Å²) in [6, 6.07) is 2.23. The number of rotatable bonds is 2. The summed E-state index contributed by atoms with van der Waals surface area (Å²) in [5, 5.41) is 6.69. The molecule has 0 aliphatic heterocycles. The number of hydrogen-bond donors (Lipinski definition) is 0. The molecule has 0 aliphatic carbocycles.